The fourth-order valence-corrected chi connectivity index (χ4v) is 5.15. The number of hydrogen-bond acceptors (Lipinski definition) is 3. The number of halogens is 1. The Balaban J connectivity index is 1.30. The number of amides is 1. The molecule has 142 valence electrons. The predicted molar refractivity (Wildman–Crippen MR) is 105 cm³/mol. The third-order valence-electron chi connectivity index (χ3n) is 6.61. The minimum absolute atomic E-state index is 0.215. The number of piperidine rings is 1. The fraction of sp³-hybridized carbons (Fsp3) is 0.667. The zero-order valence-corrected chi connectivity index (χ0v) is 16.5. The zero-order chi connectivity index (χ0) is 18.1. The van der Waals surface area contributed by atoms with Crippen LogP contribution in [0, 0.1) is 11.3 Å². The fourth-order valence-electron chi connectivity index (χ4n) is 5.02. The molecule has 0 radical (unpaired) electrons. The van der Waals surface area contributed by atoms with Crippen LogP contribution in [0.15, 0.2) is 24.3 Å². The lowest BCUT2D eigenvalue weighted by molar-refractivity contribution is -0.128. The van der Waals surface area contributed by atoms with Crippen molar-refractivity contribution in [2.45, 2.75) is 32.2 Å². The molecule has 0 bridgehead atoms. The van der Waals surface area contributed by atoms with Gasteiger partial charge in [-0.1, -0.05) is 23.7 Å². The maximum Gasteiger partial charge on any atom is 0.223 e. The van der Waals surface area contributed by atoms with E-state index in [9.17, 15) is 4.79 Å². The van der Waals surface area contributed by atoms with Crippen molar-refractivity contribution in [1.29, 1.82) is 0 Å². The van der Waals surface area contributed by atoms with E-state index in [-0.39, 0.29) is 5.41 Å². The van der Waals surface area contributed by atoms with Crippen LogP contribution in [-0.4, -0.2) is 66.9 Å². The van der Waals surface area contributed by atoms with Gasteiger partial charge >= 0.3 is 0 Å². The third-order valence-corrected chi connectivity index (χ3v) is 6.87. The molecule has 0 N–H and O–H groups in total. The lowest BCUT2D eigenvalue weighted by Gasteiger charge is -2.39. The molecule has 0 aliphatic carbocycles. The Labute approximate surface area is 162 Å². The first-order chi connectivity index (χ1) is 12.5. The molecule has 1 aromatic carbocycles. The molecule has 5 heteroatoms. The average molecular weight is 376 g/mol. The first-order valence-electron chi connectivity index (χ1n) is 9.94. The molecule has 3 heterocycles. The van der Waals surface area contributed by atoms with E-state index in [0.717, 1.165) is 43.5 Å². The van der Waals surface area contributed by atoms with Crippen LogP contribution < -0.4 is 0 Å². The molecule has 0 saturated carbocycles. The Morgan fingerprint density at radius 3 is 2.54 bits per heavy atom. The monoisotopic (exact) mass is 375 g/mol. The van der Waals surface area contributed by atoms with Crippen molar-refractivity contribution in [3.63, 3.8) is 0 Å². The van der Waals surface area contributed by atoms with E-state index >= 15 is 0 Å². The van der Waals surface area contributed by atoms with Crippen LogP contribution in [0.5, 0.6) is 0 Å². The van der Waals surface area contributed by atoms with E-state index in [4.69, 9.17) is 11.6 Å². The van der Waals surface area contributed by atoms with Crippen molar-refractivity contribution in [3.05, 3.63) is 34.9 Å². The van der Waals surface area contributed by atoms with Crippen LogP contribution in [-0.2, 0) is 11.3 Å². The molecule has 1 unspecified atom stereocenters. The second kappa shape index (κ2) is 7.49. The predicted octanol–water partition coefficient (Wildman–Crippen LogP) is 3.11. The largest absolute Gasteiger partial charge is 0.338 e. The van der Waals surface area contributed by atoms with Crippen LogP contribution in [0.25, 0.3) is 0 Å². The molecule has 3 aliphatic rings. The number of nitrogens with zero attached hydrogens (tertiary/aromatic N) is 3. The standard InChI is InChI=1S/C21H30ClN3O/c1-23-9-6-18(13-23)14-24-10-7-21(8-11-24)12-20(26)25(16-21)15-17-2-4-19(22)5-3-17/h2-5,18H,6-16H2,1H3. The van der Waals surface area contributed by atoms with Gasteiger partial charge in [0.2, 0.25) is 5.91 Å². The molecule has 1 amide bonds. The van der Waals surface area contributed by atoms with Gasteiger partial charge in [0.25, 0.3) is 0 Å². The molecule has 4 rings (SSSR count). The van der Waals surface area contributed by atoms with Crippen molar-refractivity contribution in [1.82, 2.24) is 14.7 Å². The molecule has 3 saturated heterocycles. The number of carbonyl (C=O) groups is 1. The van der Waals surface area contributed by atoms with Gasteiger partial charge in [-0.15, -0.1) is 0 Å². The molecule has 26 heavy (non-hydrogen) atoms. The van der Waals surface area contributed by atoms with E-state index in [1.165, 1.54) is 44.5 Å². The highest BCUT2D eigenvalue weighted by Crippen LogP contribution is 2.41. The van der Waals surface area contributed by atoms with Gasteiger partial charge in [-0.3, -0.25) is 4.79 Å². The van der Waals surface area contributed by atoms with E-state index in [0.29, 0.717) is 5.91 Å². The average Bonchev–Trinajstić information content (AvgIpc) is 3.16. The van der Waals surface area contributed by atoms with Crippen LogP contribution in [0.1, 0.15) is 31.2 Å². The van der Waals surface area contributed by atoms with Gasteiger partial charge in [0, 0.05) is 37.6 Å². The van der Waals surface area contributed by atoms with Crippen LogP contribution >= 0.6 is 11.6 Å². The summed E-state index contributed by atoms with van der Waals surface area (Å²) < 4.78 is 0. The minimum atomic E-state index is 0.215. The summed E-state index contributed by atoms with van der Waals surface area (Å²) >= 11 is 5.97. The lowest BCUT2D eigenvalue weighted by Crippen LogP contribution is -2.43. The van der Waals surface area contributed by atoms with E-state index < -0.39 is 0 Å². The molecule has 3 fully saturated rings. The Hall–Kier alpha value is -1.10. The Bertz CT molecular complexity index is 639. The molecular weight excluding hydrogens is 346 g/mol. The van der Waals surface area contributed by atoms with Crippen LogP contribution in [0.2, 0.25) is 5.02 Å². The van der Waals surface area contributed by atoms with Gasteiger partial charge < -0.3 is 14.7 Å². The summed E-state index contributed by atoms with van der Waals surface area (Å²) in [5, 5.41) is 0.749. The van der Waals surface area contributed by atoms with Crippen molar-refractivity contribution in [2.24, 2.45) is 11.3 Å². The highest BCUT2D eigenvalue weighted by Gasteiger charge is 2.44. The van der Waals surface area contributed by atoms with Crippen molar-refractivity contribution in [2.75, 3.05) is 46.3 Å². The van der Waals surface area contributed by atoms with Gasteiger partial charge in [0.05, 0.1) is 0 Å². The Kier molecular flexibility index (Phi) is 5.27. The molecule has 1 aromatic rings. The van der Waals surface area contributed by atoms with Gasteiger partial charge in [-0.25, -0.2) is 0 Å². The first-order valence-corrected chi connectivity index (χ1v) is 10.3. The van der Waals surface area contributed by atoms with Crippen LogP contribution in [0.3, 0.4) is 0 Å². The zero-order valence-electron chi connectivity index (χ0n) is 15.8. The van der Waals surface area contributed by atoms with Gasteiger partial charge in [-0.2, -0.15) is 0 Å². The SMILES string of the molecule is CN1CCC(CN2CCC3(CC2)CC(=O)N(Cc2ccc(Cl)cc2)C3)C1. The molecule has 4 nitrogen and oxygen atoms in total. The van der Waals surface area contributed by atoms with E-state index in [1.54, 1.807) is 0 Å². The highest BCUT2D eigenvalue weighted by atomic mass is 35.5. The normalized spacial score (nSPS) is 26.9. The first kappa shape index (κ1) is 18.3. The number of rotatable bonds is 4. The van der Waals surface area contributed by atoms with Gasteiger partial charge in [0.1, 0.15) is 0 Å². The summed E-state index contributed by atoms with van der Waals surface area (Å²) in [5.41, 5.74) is 1.38. The summed E-state index contributed by atoms with van der Waals surface area (Å²) in [4.78, 5) is 19.7. The summed E-state index contributed by atoms with van der Waals surface area (Å²) in [7, 11) is 2.23. The number of carbonyl (C=O) groups excluding carboxylic acids is 1. The van der Waals surface area contributed by atoms with E-state index in [2.05, 4.69) is 21.7 Å². The maximum atomic E-state index is 12.6. The third kappa shape index (κ3) is 4.08. The number of benzene rings is 1. The number of likely N-dealkylation sites (tertiary alicyclic amines) is 3. The topological polar surface area (TPSA) is 26.8 Å². The quantitative estimate of drug-likeness (QED) is 0.809. The van der Waals surface area contributed by atoms with Crippen molar-refractivity contribution < 1.29 is 4.79 Å². The lowest BCUT2D eigenvalue weighted by atomic mass is 9.77. The summed E-state index contributed by atoms with van der Waals surface area (Å²) in [6.07, 6.45) is 4.41. The maximum absolute atomic E-state index is 12.6. The number of hydrogen-bond donors (Lipinski definition) is 0. The van der Waals surface area contributed by atoms with Gasteiger partial charge in [-0.05, 0) is 75.0 Å². The Morgan fingerprint density at radius 2 is 1.88 bits per heavy atom. The smallest absolute Gasteiger partial charge is 0.223 e. The molecule has 3 aliphatic heterocycles. The minimum Gasteiger partial charge on any atom is -0.338 e. The summed E-state index contributed by atoms with van der Waals surface area (Å²) in [6, 6.07) is 7.88. The van der Waals surface area contributed by atoms with Crippen LogP contribution in [0.4, 0.5) is 0 Å². The molecule has 1 atom stereocenters. The second-order valence-electron chi connectivity index (χ2n) is 8.77. The summed E-state index contributed by atoms with van der Waals surface area (Å²) in [5.74, 6) is 1.16. The van der Waals surface area contributed by atoms with Crippen molar-refractivity contribution >= 4 is 17.5 Å². The molecule has 0 aromatic heterocycles. The molecule has 1 spiro atoms. The Morgan fingerprint density at radius 1 is 1.15 bits per heavy atom. The van der Waals surface area contributed by atoms with E-state index in [1.807, 2.05) is 24.3 Å². The molecular formula is C21H30ClN3O. The second-order valence-corrected chi connectivity index (χ2v) is 9.21. The van der Waals surface area contributed by atoms with Gasteiger partial charge in [0.15, 0.2) is 0 Å². The highest BCUT2D eigenvalue weighted by molar-refractivity contribution is 6.30. The van der Waals surface area contributed by atoms with Crippen molar-refractivity contribution in [3.8, 4) is 0 Å². The summed E-state index contributed by atoms with van der Waals surface area (Å²) in [6.45, 7) is 7.68.